The summed E-state index contributed by atoms with van der Waals surface area (Å²) in [5.74, 6) is -3.91. The van der Waals surface area contributed by atoms with Gasteiger partial charge in [0.1, 0.15) is 23.7 Å². The van der Waals surface area contributed by atoms with Gasteiger partial charge in [-0.15, -0.1) is 0 Å². The summed E-state index contributed by atoms with van der Waals surface area (Å²) < 4.78 is 26.7. The highest BCUT2D eigenvalue weighted by Crippen LogP contribution is 2.21. The fraction of sp³-hybridized carbons (Fsp3) is 0.292. The Morgan fingerprint density at radius 2 is 1.70 bits per heavy atom. The van der Waals surface area contributed by atoms with E-state index in [2.05, 4.69) is 10.6 Å². The smallest absolute Gasteiger partial charge is 0.254 e. The third kappa shape index (κ3) is 6.01. The van der Waals surface area contributed by atoms with Gasteiger partial charge in [-0.3, -0.25) is 14.4 Å². The van der Waals surface area contributed by atoms with E-state index in [1.807, 2.05) is 36.4 Å². The number of nitrogens with one attached hydrogen (secondary N) is 2. The number of aliphatic hydroxyl groups excluding tert-OH is 1. The van der Waals surface area contributed by atoms with Crippen molar-refractivity contribution in [2.24, 2.45) is 0 Å². The van der Waals surface area contributed by atoms with Crippen LogP contribution in [0.3, 0.4) is 0 Å². The zero-order valence-corrected chi connectivity index (χ0v) is 18.2. The van der Waals surface area contributed by atoms with Crippen molar-refractivity contribution < 1.29 is 28.3 Å². The van der Waals surface area contributed by atoms with E-state index in [0.29, 0.717) is 12.6 Å². The minimum atomic E-state index is -1.87. The molecule has 0 spiro atoms. The van der Waals surface area contributed by atoms with E-state index in [0.717, 1.165) is 17.7 Å². The highest BCUT2D eigenvalue weighted by molar-refractivity contribution is 5.93. The van der Waals surface area contributed by atoms with Gasteiger partial charge in [0, 0.05) is 25.6 Å². The molecule has 7 nitrogen and oxygen atoms in total. The lowest BCUT2D eigenvalue weighted by Gasteiger charge is -2.24. The standard InChI is InChI=1S/C24H25F2N3O4/c1-14(27-23(32)21(30)17-10-18(25)12-19(26)11-17)22(31)28-20-9-8-16(13-29(2)24(20)33)15-6-4-3-5-7-15/h3-12,14,16,20-21,30H,13H2,1-2H3,(H,27,32)(H,28,31)/t14-,16-,20-,21-/m0/s1. The van der Waals surface area contributed by atoms with E-state index < -0.39 is 41.6 Å². The van der Waals surface area contributed by atoms with E-state index in [1.54, 1.807) is 13.1 Å². The lowest BCUT2D eigenvalue weighted by atomic mass is 9.98. The molecule has 3 amide bonds. The Balaban J connectivity index is 1.64. The lowest BCUT2D eigenvalue weighted by Crippen LogP contribution is -2.52. The second kappa shape index (κ2) is 10.4. The molecule has 174 valence electrons. The first-order valence-electron chi connectivity index (χ1n) is 10.4. The van der Waals surface area contributed by atoms with Gasteiger partial charge in [0.25, 0.3) is 5.91 Å². The minimum absolute atomic E-state index is 0.0408. The van der Waals surface area contributed by atoms with Crippen molar-refractivity contribution >= 4 is 17.7 Å². The van der Waals surface area contributed by atoms with Gasteiger partial charge < -0.3 is 20.6 Å². The summed E-state index contributed by atoms with van der Waals surface area (Å²) in [4.78, 5) is 39.1. The van der Waals surface area contributed by atoms with Crippen LogP contribution in [0.1, 0.15) is 30.1 Å². The fourth-order valence-electron chi connectivity index (χ4n) is 3.56. The maximum Gasteiger partial charge on any atom is 0.254 e. The third-order valence-corrected chi connectivity index (χ3v) is 5.38. The van der Waals surface area contributed by atoms with Crippen molar-refractivity contribution in [1.29, 1.82) is 0 Å². The molecule has 2 aromatic rings. The van der Waals surface area contributed by atoms with Crippen molar-refractivity contribution in [3.8, 4) is 0 Å². The van der Waals surface area contributed by atoms with Crippen LogP contribution in [0.2, 0.25) is 0 Å². The minimum Gasteiger partial charge on any atom is -0.378 e. The quantitative estimate of drug-likeness (QED) is 0.576. The van der Waals surface area contributed by atoms with Crippen molar-refractivity contribution in [2.75, 3.05) is 13.6 Å². The summed E-state index contributed by atoms with van der Waals surface area (Å²) in [6.07, 6.45) is 1.59. The number of carbonyl (C=O) groups excluding carboxylic acids is 3. The van der Waals surface area contributed by atoms with Gasteiger partial charge in [-0.2, -0.15) is 0 Å². The summed E-state index contributed by atoms with van der Waals surface area (Å²) in [6, 6.07) is 9.85. The Morgan fingerprint density at radius 3 is 2.33 bits per heavy atom. The molecule has 3 rings (SSSR count). The normalized spacial score (nSPS) is 20.0. The van der Waals surface area contributed by atoms with E-state index in [9.17, 15) is 28.3 Å². The molecular formula is C24H25F2N3O4. The number of hydrogen-bond acceptors (Lipinski definition) is 4. The molecule has 0 saturated carbocycles. The molecule has 1 aliphatic rings. The number of halogens is 2. The SMILES string of the molecule is C[C@H](NC(=O)[C@@H](O)c1cc(F)cc(F)c1)C(=O)N[C@H]1C=C[C@H](c2ccccc2)CN(C)C1=O. The fourth-order valence-corrected chi connectivity index (χ4v) is 3.56. The number of aliphatic hydroxyl groups is 1. The van der Waals surface area contributed by atoms with Gasteiger partial charge in [-0.05, 0) is 30.2 Å². The summed E-state index contributed by atoms with van der Waals surface area (Å²) in [5, 5.41) is 15.0. The lowest BCUT2D eigenvalue weighted by molar-refractivity contribution is -0.136. The molecule has 3 N–H and O–H groups in total. The monoisotopic (exact) mass is 457 g/mol. The molecule has 0 saturated heterocycles. The molecule has 4 atom stereocenters. The van der Waals surface area contributed by atoms with Crippen LogP contribution in [0.4, 0.5) is 8.78 Å². The van der Waals surface area contributed by atoms with Crippen LogP contribution in [-0.2, 0) is 14.4 Å². The summed E-state index contributed by atoms with van der Waals surface area (Å²) in [7, 11) is 1.64. The molecule has 9 heteroatoms. The largest absolute Gasteiger partial charge is 0.378 e. The predicted octanol–water partition coefficient (Wildman–Crippen LogP) is 1.80. The van der Waals surface area contributed by atoms with Gasteiger partial charge in [0.05, 0.1) is 0 Å². The van der Waals surface area contributed by atoms with Gasteiger partial charge in [-0.25, -0.2) is 8.78 Å². The third-order valence-electron chi connectivity index (χ3n) is 5.38. The zero-order chi connectivity index (χ0) is 24.1. The Bertz CT molecular complexity index is 1040. The number of likely N-dealkylation sites (N-methyl/N-ethyl adjacent to an activating group) is 1. The van der Waals surface area contributed by atoms with E-state index in [1.165, 1.54) is 11.8 Å². The van der Waals surface area contributed by atoms with Crippen LogP contribution in [0.5, 0.6) is 0 Å². The van der Waals surface area contributed by atoms with Gasteiger partial charge >= 0.3 is 0 Å². The molecule has 0 unspecified atom stereocenters. The first kappa shape index (κ1) is 24.1. The molecular weight excluding hydrogens is 432 g/mol. The first-order valence-corrected chi connectivity index (χ1v) is 10.4. The van der Waals surface area contributed by atoms with E-state index in [-0.39, 0.29) is 17.4 Å². The number of carbonyl (C=O) groups is 3. The Labute approximate surface area is 190 Å². The van der Waals surface area contributed by atoms with Crippen LogP contribution in [0, 0.1) is 11.6 Å². The van der Waals surface area contributed by atoms with Crippen molar-refractivity contribution in [3.63, 3.8) is 0 Å². The second-order valence-corrected chi connectivity index (χ2v) is 7.94. The van der Waals surface area contributed by atoms with Crippen molar-refractivity contribution in [2.45, 2.75) is 31.0 Å². The highest BCUT2D eigenvalue weighted by atomic mass is 19.1. The van der Waals surface area contributed by atoms with Crippen LogP contribution in [0.25, 0.3) is 0 Å². The Morgan fingerprint density at radius 1 is 1.06 bits per heavy atom. The predicted molar refractivity (Wildman–Crippen MR) is 117 cm³/mol. The summed E-state index contributed by atoms with van der Waals surface area (Å²) in [5.41, 5.74) is 0.747. The molecule has 1 heterocycles. The molecule has 2 aromatic carbocycles. The Kier molecular flexibility index (Phi) is 7.55. The summed E-state index contributed by atoms with van der Waals surface area (Å²) >= 11 is 0. The van der Waals surface area contributed by atoms with Crippen molar-refractivity contribution in [3.05, 3.63) is 83.4 Å². The van der Waals surface area contributed by atoms with Crippen LogP contribution in [0.15, 0.2) is 60.7 Å². The van der Waals surface area contributed by atoms with Crippen LogP contribution < -0.4 is 10.6 Å². The second-order valence-electron chi connectivity index (χ2n) is 7.94. The Hall–Kier alpha value is -3.59. The molecule has 33 heavy (non-hydrogen) atoms. The average Bonchev–Trinajstić information content (AvgIpc) is 2.92. The zero-order valence-electron chi connectivity index (χ0n) is 18.2. The topological polar surface area (TPSA) is 98.7 Å². The van der Waals surface area contributed by atoms with E-state index >= 15 is 0 Å². The van der Waals surface area contributed by atoms with Gasteiger partial charge in [0.15, 0.2) is 6.10 Å². The molecule has 0 fully saturated rings. The first-order chi connectivity index (χ1) is 15.7. The maximum atomic E-state index is 13.4. The molecule has 0 aromatic heterocycles. The molecule has 0 aliphatic carbocycles. The number of benzene rings is 2. The molecule has 0 bridgehead atoms. The maximum absolute atomic E-state index is 13.4. The van der Waals surface area contributed by atoms with Gasteiger partial charge in [0.2, 0.25) is 11.8 Å². The molecule has 0 radical (unpaired) electrons. The number of nitrogens with zero attached hydrogens (tertiary/aromatic N) is 1. The highest BCUT2D eigenvalue weighted by Gasteiger charge is 2.29. The molecule has 1 aliphatic heterocycles. The average molecular weight is 457 g/mol. The van der Waals surface area contributed by atoms with Crippen LogP contribution in [-0.4, -0.2) is 53.4 Å². The van der Waals surface area contributed by atoms with Gasteiger partial charge in [-0.1, -0.05) is 42.5 Å². The number of rotatable bonds is 6. The summed E-state index contributed by atoms with van der Waals surface area (Å²) in [6.45, 7) is 1.81. The number of amides is 3. The number of hydrogen-bond donors (Lipinski definition) is 3. The van der Waals surface area contributed by atoms with Crippen molar-refractivity contribution in [1.82, 2.24) is 15.5 Å². The van der Waals surface area contributed by atoms with Crippen LogP contribution >= 0.6 is 0 Å². The van der Waals surface area contributed by atoms with E-state index in [4.69, 9.17) is 0 Å².